The number of halogens is 1. The van der Waals surface area contributed by atoms with Gasteiger partial charge in [0.2, 0.25) is 11.9 Å². The fraction of sp³-hybridized carbons (Fsp3) is 0.533. The maximum atomic E-state index is 12.3. The molecule has 1 amide bonds. The fourth-order valence-electron chi connectivity index (χ4n) is 2.62. The van der Waals surface area contributed by atoms with Crippen molar-refractivity contribution < 1.29 is 4.79 Å². The third kappa shape index (κ3) is 4.68. The van der Waals surface area contributed by atoms with Gasteiger partial charge in [-0.15, -0.1) is 16.4 Å². The summed E-state index contributed by atoms with van der Waals surface area (Å²) in [7, 11) is 0. The van der Waals surface area contributed by atoms with Crippen LogP contribution >= 0.6 is 22.9 Å². The lowest BCUT2D eigenvalue weighted by molar-refractivity contribution is -0.132. The number of carbonyl (C=O) groups is 1. The Kier molecular flexibility index (Phi) is 5.51. The topological polar surface area (TPSA) is 63.1 Å². The maximum Gasteiger partial charge on any atom is 0.244 e. The highest BCUT2D eigenvalue weighted by Crippen LogP contribution is 2.19. The van der Waals surface area contributed by atoms with Crippen LogP contribution in [0.2, 0.25) is 5.02 Å². The van der Waals surface area contributed by atoms with Crippen LogP contribution in [0.5, 0.6) is 0 Å². The van der Waals surface area contributed by atoms with Crippen LogP contribution in [-0.4, -0.2) is 38.7 Å². The van der Waals surface area contributed by atoms with E-state index in [9.17, 15) is 4.79 Å². The average Bonchev–Trinajstić information content (AvgIpc) is 3.05. The number of aromatic nitrogens is 3. The summed E-state index contributed by atoms with van der Waals surface area (Å²) in [4.78, 5) is 19.6. The lowest BCUT2D eigenvalue weighted by Gasteiger charge is -2.19. The summed E-state index contributed by atoms with van der Waals surface area (Å²) in [5, 5.41) is 10.1. The van der Waals surface area contributed by atoms with Crippen LogP contribution in [0.25, 0.3) is 0 Å². The first-order valence-corrected chi connectivity index (χ1v) is 9.10. The molecule has 1 fully saturated rings. The molecule has 8 heteroatoms. The fourth-order valence-corrected chi connectivity index (χ4v) is 3.64. The molecular weight excluding hydrogens is 334 g/mol. The SMILES string of the molecule is O=C(Cn1cnc(NCc2cc(Cl)cs2)n1)N1CCCCCC1. The van der Waals surface area contributed by atoms with Crippen molar-refractivity contribution in [1.82, 2.24) is 19.7 Å². The second-order valence-electron chi connectivity index (χ2n) is 5.65. The number of carbonyl (C=O) groups excluding carboxylic acids is 1. The molecule has 124 valence electrons. The summed E-state index contributed by atoms with van der Waals surface area (Å²) in [6.07, 6.45) is 6.22. The molecule has 1 aliphatic rings. The Morgan fingerprint density at radius 1 is 1.30 bits per heavy atom. The molecule has 2 aromatic rings. The zero-order chi connectivity index (χ0) is 16.1. The normalized spacial score (nSPS) is 15.4. The average molecular weight is 354 g/mol. The van der Waals surface area contributed by atoms with Gasteiger partial charge in [0.1, 0.15) is 12.9 Å². The first-order valence-electron chi connectivity index (χ1n) is 7.85. The Labute approximate surface area is 144 Å². The molecule has 0 bridgehead atoms. The minimum Gasteiger partial charge on any atom is -0.348 e. The van der Waals surface area contributed by atoms with Crippen LogP contribution in [0.1, 0.15) is 30.6 Å². The molecule has 1 aliphatic heterocycles. The molecule has 23 heavy (non-hydrogen) atoms. The van der Waals surface area contributed by atoms with E-state index in [4.69, 9.17) is 11.6 Å². The molecule has 0 atom stereocenters. The van der Waals surface area contributed by atoms with E-state index >= 15 is 0 Å². The number of hydrogen-bond acceptors (Lipinski definition) is 5. The molecule has 0 unspecified atom stereocenters. The number of nitrogens with zero attached hydrogens (tertiary/aromatic N) is 4. The number of amides is 1. The van der Waals surface area contributed by atoms with Gasteiger partial charge in [-0.3, -0.25) is 4.79 Å². The molecule has 0 saturated carbocycles. The van der Waals surface area contributed by atoms with E-state index in [1.165, 1.54) is 12.8 Å². The smallest absolute Gasteiger partial charge is 0.244 e. The number of nitrogens with one attached hydrogen (secondary N) is 1. The second-order valence-corrected chi connectivity index (χ2v) is 7.08. The van der Waals surface area contributed by atoms with E-state index in [2.05, 4.69) is 15.4 Å². The standard InChI is InChI=1S/C15H20ClN5OS/c16-12-7-13(23-10-12)8-17-15-18-11-21(19-15)9-14(22)20-5-3-1-2-4-6-20/h7,10-11H,1-6,8-9H2,(H,17,19). The van der Waals surface area contributed by atoms with Crippen molar-refractivity contribution in [2.75, 3.05) is 18.4 Å². The van der Waals surface area contributed by atoms with E-state index in [1.807, 2.05) is 16.3 Å². The van der Waals surface area contributed by atoms with Gasteiger partial charge in [-0.05, 0) is 18.9 Å². The third-order valence-electron chi connectivity index (χ3n) is 3.83. The van der Waals surface area contributed by atoms with Crippen molar-refractivity contribution in [3.8, 4) is 0 Å². The van der Waals surface area contributed by atoms with Gasteiger partial charge >= 0.3 is 0 Å². The Balaban J connectivity index is 1.51. The minimum atomic E-state index is 0.119. The Bertz CT molecular complexity index is 648. The van der Waals surface area contributed by atoms with Gasteiger partial charge in [-0.2, -0.15) is 0 Å². The van der Waals surface area contributed by atoms with Crippen molar-refractivity contribution in [3.63, 3.8) is 0 Å². The van der Waals surface area contributed by atoms with Gasteiger partial charge in [0, 0.05) is 23.3 Å². The highest BCUT2D eigenvalue weighted by Gasteiger charge is 2.16. The van der Waals surface area contributed by atoms with Crippen LogP contribution in [0.4, 0.5) is 5.95 Å². The van der Waals surface area contributed by atoms with Gasteiger partial charge in [0.15, 0.2) is 0 Å². The zero-order valence-corrected chi connectivity index (χ0v) is 14.4. The predicted molar refractivity (Wildman–Crippen MR) is 91.7 cm³/mol. The van der Waals surface area contributed by atoms with Crippen molar-refractivity contribution >= 4 is 34.8 Å². The molecule has 2 aromatic heterocycles. The molecule has 1 saturated heterocycles. The molecular formula is C15H20ClN5OS. The molecule has 1 N–H and O–H groups in total. The molecule has 0 radical (unpaired) electrons. The largest absolute Gasteiger partial charge is 0.348 e. The first kappa shape index (κ1) is 16.3. The number of thiophene rings is 1. The Morgan fingerprint density at radius 2 is 2.09 bits per heavy atom. The van der Waals surface area contributed by atoms with Crippen molar-refractivity contribution in [3.05, 3.63) is 27.7 Å². The van der Waals surface area contributed by atoms with Crippen LogP contribution in [0.15, 0.2) is 17.8 Å². The zero-order valence-electron chi connectivity index (χ0n) is 12.9. The lowest BCUT2D eigenvalue weighted by Crippen LogP contribution is -2.34. The maximum absolute atomic E-state index is 12.3. The number of likely N-dealkylation sites (tertiary alicyclic amines) is 1. The van der Waals surface area contributed by atoms with Crippen LogP contribution in [0, 0.1) is 0 Å². The summed E-state index contributed by atoms with van der Waals surface area (Å²) in [6, 6.07) is 1.92. The highest BCUT2D eigenvalue weighted by molar-refractivity contribution is 7.10. The molecule has 0 aromatic carbocycles. The summed E-state index contributed by atoms with van der Waals surface area (Å²) in [6.45, 7) is 2.59. The van der Waals surface area contributed by atoms with E-state index < -0.39 is 0 Å². The summed E-state index contributed by atoms with van der Waals surface area (Å²) in [5.41, 5.74) is 0. The number of rotatable bonds is 5. The summed E-state index contributed by atoms with van der Waals surface area (Å²) in [5.74, 6) is 0.645. The van der Waals surface area contributed by atoms with Gasteiger partial charge in [0.05, 0.1) is 11.6 Å². The van der Waals surface area contributed by atoms with Crippen LogP contribution < -0.4 is 5.32 Å². The molecule has 0 spiro atoms. The highest BCUT2D eigenvalue weighted by atomic mass is 35.5. The third-order valence-corrected chi connectivity index (χ3v) is 5.12. The van der Waals surface area contributed by atoms with E-state index in [0.717, 1.165) is 35.8 Å². The summed E-state index contributed by atoms with van der Waals surface area (Å²) >= 11 is 7.48. The van der Waals surface area contributed by atoms with E-state index in [1.54, 1.807) is 22.3 Å². The Morgan fingerprint density at radius 3 is 2.78 bits per heavy atom. The lowest BCUT2D eigenvalue weighted by atomic mass is 10.2. The first-order chi connectivity index (χ1) is 11.2. The van der Waals surface area contributed by atoms with Crippen molar-refractivity contribution in [2.24, 2.45) is 0 Å². The second kappa shape index (κ2) is 7.79. The van der Waals surface area contributed by atoms with Gasteiger partial charge in [-0.25, -0.2) is 9.67 Å². The quantitative estimate of drug-likeness (QED) is 0.897. The molecule has 3 rings (SSSR count). The Hall–Kier alpha value is -1.60. The summed E-state index contributed by atoms with van der Waals surface area (Å²) < 4.78 is 1.59. The van der Waals surface area contributed by atoms with Gasteiger partial charge < -0.3 is 10.2 Å². The predicted octanol–water partition coefficient (Wildman–Crippen LogP) is 3.01. The minimum absolute atomic E-state index is 0.119. The van der Waals surface area contributed by atoms with Crippen molar-refractivity contribution in [1.29, 1.82) is 0 Å². The van der Waals surface area contributed by atoms with E-state index in [0.29, 0.717) is 12.5 Å². The van der Waals surface area contributed by atoms with Crippen molar-refractivity contribution in [2.45, 2.75) is 38.8 Å². The van der Waals surface area contributed by atoms with Crippen LogP contribution in [0.3, 0.4) is 0 Å². The van der Waals surface area contributed by atoms with Gasteiger partial charge in [-0.1, -0.05) is 24.4 Å². The number of hydrogen-bond donors (Lipinski definition) is 1. The monoisotopic (exact) mass is 353 g/mol. The van der Waals surface area contributed by atoms with E-state index in [-0.39, 0.29) is 12.5 Å². The van der Waals surface area contributed by atoms with Crippen LogP contribution in [-0.2, 0) is 17.9 Å². The molecule has 0 aliphatic carbocycles. The molecule has 3 heterocycles. The number of anilines is 1. The van der Waals surface area contributed by atoms with Gasteiger partial charge in [0.25, 0.3) is 0 Å². The molecule has 6 nitrogen and oxygen atoms in total.